The van der Waals surface area contributed by atoms with Gasteiger partial charge in [-0.3, -0.25) is 4.79 Å². The van der Waals surface area contributed by atoms with Crippen molar-refractivity contribution in [1.29, 1.82) is 0 Å². The predicted octanol–water partition coefficient (Wildman–Crippen LogP) is 1.75. The Kier molecular flexibility index (Phi) is 5.43. The third-order valence-electron chi connectivity index (χ3n) is 1.38. The van der Waals surface area contributed by atoms with Gasteiger partial charge in [-0.15, -0.1) is 6.58 Å². The van der Waals surface area contributed by atoms with Gasteiger partial charge >= 0.3 is 6.09 Å². The molecule has 0 unspecified atom stereocenters. The first-order valence-corrected chi connectivity index (χ1v) is 3.95. The first kappa shape index (κ1) is 11.6. The summed E-state index contributed by atoms with van der Waals surface area (Å²) in [6, 6.07) is 0. The first-order valence-electron chi connectivity index (χ1n) is 3.95. The van der Waals surface area contributed by atoms with E-state index in [1.165, 1.54) is 13.2 Å². The van der Waals surface area contributed by atoms with Gasteiger partial charge in [0.15, 0.2) is 5.78 Å². The number of aliphatic imine (C=N–C) groups is 1. The Morgan fingerprint density at radius 2 is 2.15 bits per heavy atom. The number of hydrogen-bond donors (Lipinski definition) is 0. The third kappa shape index (κ3) is 4.20. The molecule has 0 saturated heterocycles. The number of rotatable bonds is 4. The highest BCUT2D eigenvalue weighted by Crippen LogP contribution is 1.96. The van der Waals surface area contributed by atoms with Gasteiger partial charge in [0.2, 0.25) is 0 Å². The van der Waals surface area contributed by atoms with Crippen LogP contribution in [0.3, 0.4) is 0 Å². The molecule has 0 aromatic carbocycles. The zero-order valence-corrected chi connectivity index (χ0v) is 7.87. The van der Waals surface area contributed by atoms with Crippen LogP contribution in [0.15, 0.2) is 17.6 Å². The molecule has 13 heavy (non-hydrogen) atoms. The molecule has 0 bridgehead atoms. The molecule has 0 N–H and O–H groups in total. The summed E-state index contributed by atoms with van der Waals surface area (Å²) in [5, 5.41) is 0. The van der Waals surface area contributed by atoms with E-state index >= 15 is 0 Å². The van der Waals surface area contributed by atoms with Gasteiger partial charge in [0.1, 0.15) is 0 Å². The standard InChI is InChI=1S/C9H13NO3/c1-4-6-7(8(11)5-2)10-9(12)13-3/h4H,1,5-6H2,2-3H3/b10-7+. The maximum atomic E-state index is 11.2. The van der Waals surface area contributed by atoms with Crippen LogP contribution in [0, 0.1) is 0 Å². The molecular weight excluding hydrogens is 170 g/mol. The van der Waals surface area contributed by atoms with E-state index < -0.39 is 6.09 Å². The van der Waals surface area contributed by atoms with E-state index in [-0.39, 0.29) is 11.5 Å². The Labute approximate surface area is 77.3 Å². The van der Waals surface area contributed by atoms with Crippen LogP contribution in [0.25, 0.3) is 0 Å². The predicted molar refractivity (Wildman–Crippen MR) is 50.0 cm³/mol. The normalized spacial score (nSPS) is 10.8. The summed E-state index contributed by atoms with van der Waals surface area (Å²) < 4.78 is 4.31. The minimum Gasteiger partial charge on any atom is -0.451 e. The van der Waals surface area contributed by atoms with Crippen molar-refractivity contribution in [1.82, 2.24) is 0 Å². The second-order valence-electron chi connectivity index (χ2n) is 2.30. The molecule has 0 fully saturated rings. The monoisotopic (exact) mass is 183 g/mol. The number of ketones is 1. The molecule has 4 nitrogen and oxygen atoms in total. The molecule has 0 rings (SSSR count). The largest absolute Gasteiger partial charge is 0.451 e. The Morgan fingerprint density at radius 3 is 2.54 bits per heavy atom. The molecular formula is C9H13NO3. The fourth-order valence-corrected chi connectivity index (χ4v) is 0.718. The van der Waals surface area contributed by atoms with E-state index in [4.69, 9.17) is 0 Å². The van der Waals surface area contributed by atoms with E-state index in [0.29, 0.717) is 12.8 Å². The lowest BCUT2D eigenvalue weighted by molar-refractivity contribution is -0.112. The van der Waals surface area contributed by atoms with E-state index in [9.17, 15) is 9.59 Å². The maximum Gasteiger partial charge on any atom is 0.433 e. The molecule has 4 heteroatoms. The summed E-state index contributed by atoms with van der Waals surface area (Å²) in [5.41, 5.74) is 0.198. The molecule has 0 aromatic heterocycles. The number of amides is 1. The highest BCUT2D eigenvalue weighted by molar-refractivity contribution is 6.41. The third-order valence-corrected chi connectivity index (χ3v) is 1.38. The minimum absolute atomic E-state index is 0.162. The van der Waals surface area contributed by atoms with Crippen LogP contribution in [0.2, 0.25) is 0 Å². The van der Waals surface area contributed by atoms with Crippen LogP contribution in [0.1, 0.15) is 19.8 Å². The number of methoxy groups -OCH3 is 1. The van der Waals surface area contributed by atoms with Crippen LogP contribution < -0.4 is 0 Å². The lowest BCUT2D eigenvalue weighted by Gasteiger charge is -1.98. The SMILES string of the molecule is C=CC/C(=N\C(=O)OC)C(=O)CC. The zero-order valence-electron chi connectivity index (χ0n) is 7.87. The van der Waals surface area contributed by atoms with Crippen LogP contribution in [0.4, 0.5) is 4.79 Å². The van der Waals surface area contributed by atoms with E-state index in [0.717, 1.165) is 0 Å². The molecule has 0 saturated carbocycles. The molecule has 0 aliphatic carbocycles. The Hall–Kier alpha value is -1.45. The summed E-state index contributed by atoms with van der Waals surface area (Å²) >= 11 is 0. The van der Waals surface area contributed by atoms with Crippen molar-refractivity contribution in [3.8, 4) is 0 Å². The van der Waals surface area contributed by atoms with Gasteiger partial charge in [-0.2, -0.15) is 4.99 Å². The summed E-state index contributed by atoms with van der Waals surface area (Å²) in [7, 11) is 1.22. The average Bonchev–Trinajstić information content (AvgIpc) is 2.15. The van der Waals surface area contributed by atoms with Gasteiger partial charge in [-0.1, -0.05) is 13.0 Å². The summed E-state index contributed by atoms with van der Waals surface area (Å²) in [4.78, 5) is 25.4. The second kappa shape index (κ2) is 6.11. The van der Waals surface area contributed by atoms with Crippen molar-refractivity contribution in [3.05, 3.63) is 12.7 Å². The van der Waals surface area contributed by atoms with Gasteiger partial charge < -0.3 is 4.74 Å². The lowest BCUT2D eigenvalue weighted by Crippen LogP contribution is -2.14. The van der Waals surface area contributed by atoms with Crippen molar-refractivity contribution < 1.29 is 14.3 Å². The molecule has 0 aromatic rings. The highest BCUT2D eigenvalue weighted by atomic mass is 16.5. The highest BCUT2D eigenvalue weighted by Gasteiger charge is 2.09. The number of hydrogen-bond acceptors (Lipinski definition) is 3. The van der Waals surface area contributed by atoms with Gasteiger partial charge in [-0.05, 0) is 0 Å². The Morgan fingerprint density at radius 1 is 1.54 bits per heavy atom. The zero-order chi connectivity index (χ0) is 10.3. The maximum absolute atomic E-state index is 11.2. The molecule has 0 atom stereocenters. The number of carbonyl (C=O) groups excluding carboxylic acids is 2. The van der Waals surface area contributed by atoms with Crippen LogP contribution in [0.5, 0.6) is 0 Å². The topological polar surface area (TPSA) is 55.7 Å². The number of ether oxygens (including phenoxy) is 1. The van der Waals surface area contributed by atoms with E-state index in [1.54, 1.807) is 6.92 Å². The lowest BCUT2D eigenvalue weighted by atomic mass is 10.1. The molecule has 72 valence electrons. The summed E-state index contributed by atoms with van der Waals surface area (Å²) in [6.07, 6.45) is 1.39. The molecule has 0 spiro atoms. The smallest absolute Gasteiger partial charge is 0.433 e. The fraction of sp³-hybridized carbons (Fsp3) is 0.444. The van der Waals surface area contributed by atoms with Gasteiger partial charge in [0.25, 0.3) is 0 Å². The fourth-order valence-electron chi connectivity index (χ4n) is 0.718. The number of allylic oxidation sites excluding steroid dienone is 1. The Balaban J connectivity index is 4.57. The van der Waals surface area contributed by atoms with Crippen molar-refractivity contribution in [2.45, 2.75) is 19.8 Å². The van der Waals surface area contributed by atoms with Crippen LogP contribution >= 0.6 is 0 Å². The molecule has 0 heterocycles. The molecule has 1 amide bonds. The van der Waals surface area contributed by atoms with Crippen molar-refractivity contribution >= 4 is 17.6 Å². The summed E-state index contributed by atoms with van der Waals surface area (Å²) in [5.74, 6) is -0.162. The van der Waals surface area contributed by atoms with Gasteiger partial charge in [-0.25, -0.2) is 4.79 Å². The summed E-state index contributed by atoms with van der Waals surface area (Å²) in [6.45, 7) is 5.17. The van der Waals surface area contributed by atoms with Crippen LogP contribution in [-0.2, 0) is 9.53 Å². The first-order chi connectivity index (χ1) is 6.15. The van der Waals surface area contributed by atoms with E-state index in [1.807, 2.05) is 0 Å². The number of Topliss-reactive ketones (excluding diaryl/α,β-unsaturated/α-hetero) is 1. The second-order valence-corrected chi connectivity index (χ2v) is 2.30. The van der Waals surface area contributed by atoms with Crippen LogP contribution in [-0.4, -0.2) is 24.7 Å². The molecule has 0 radical (unpaired) electrons. The van der Waals surface area contributed by atoms with Gasteiger partial charge in [0.05, 0.1) is 12.8 Å². The quantitative estimate of drug-likeness (QED) is 0.492. The molecule has 0 aliphatic rings. The van der Waals surface area contributed by atoms with Crippen molar-refractivity contribution in [2.75, 3.05) is 7.11 Å². The average molecular weight is 183 g/mol. The molecule has 0 aliphatic heterocycles. The van der Waals surface area contributed by atoms with Gasteiger partial charge in [0, 0.05) is 12.8 Å². The van der Waals surface area contributed by atoms with Crippen molar-refractivity contribution in [2.24, 2.45) is 4.99 Å². The number of nitrogens with zero attached hydrogens (tertiary/aromatic N) is 1. The van der Waals surface area contributed by atoms with Crippen molar-refractivity contribution in [3.63, 3.8) is 0 Å². The number of carbonyl (C=O) groups is 2. The minimum atomic E-state index is -0.751. The Bertz CT molecular complexity index is 243. The van der Waals surface area contributed by atoms with E-state index in [2.05, 4.69) is 16.3 Å².